The number of hydrogen-bond acceptors (Lipinski definition) is 2. The molecule has 0 aromatic heterocycles. The van der Waals surface area contributed by atoms with E-state index in [4.69, 9.17) is 0 Å². The summed E-state index contributed by atoms with van der Waals surface area (Å²) in [5, 5.41) is 9.27. The molecule has 1 rings (SSSR count). The predicted octanol–water partition coefficient (Wildman–Crippen LogP) is 1.02. The number of carbonyl (C=O) groups is 1. The molecule has 1 N–H and O–H groups in total. The maximum atomic E-state index is 11.4. The lowest BCUT2D eigenvalue weighted by Gasteiger charge is -2.25. The van der Waals surface area contributed by atoms with Crippen molar-refractivity contribution >= 4 is 5.91 Å². The molecule has 0 radical (unpaired) electrons. The zero-order valence-electron chi connectivity index (χ0n) is 8.49. The fourth-order valence-corrected chi connectivity index (χ4v) is 1.78. The highest BCUT2D eigenvalue weighted by atomic mass is 16.3. The van der Waals surface area contributed by atoms with E-state index in [0.717, 1.165) is 25.7 Å². The van der Waals surface area contributed by atoms with E-state index in [9.17, 15) is 9.90 Å². The molecule has 0 unspecified atom stereocenters. The molecule has 0 aromatic carbocycles. The third-order valence-electron chi connectivity index (χ3n) is 2.78. The largest absolute Gasteiger partial charge is 0.393 e. The van der Waals surface area contributed by atoms with Crippen LogP contribution in [0, 0.1) is 5.92 Å². The molecule has 1 aliphatic carbocycles. The third-order valence-corrected chi connectivity index (χ3v) is 2.78. The van der Waals surface area contributed by atoms with Gasteiger partial charge in [-0.1, -0.05) is 0 Å². The Balaban J connectivity index is 2.26. The first kappa shape index (κ1) is 10.5. The molecule has 0 atom stereocenters. The Morgan fingerprint density at radius 2 is 1.85 bits per heavy atom. The molecule has 13 heavy (non-hydrogen) atoms. The lowest BCUT2D eigenvalue weighted by molar-refractivity contribution is -0.130. The van der Waals surface area contributed by atoms with Crippen LogP contribution in [0.15, 0.2) is 0 Å². The van der Waals surface area contributed by atoms with Gasteiger partial charge in [0.2, 0.25) is 5.91 Å². The topological polar surface area (TPSA) is 40.5 Å². The average molecular weight is 185 g/mol. The Labute approximate surface area is 79.7 Å². The van der Waals surface area contributed by atoms with Crippen molar-refractivity contribution in [2.24, 2.45) is 5.92 Å². The summed E-state index contributed by atoms with van der Waals surface area (Å²) in [6.07, 6.45) is 4.27. The molecule has 3 heteroatoms. The highest BCUT2D eigenvalue weighted by Gasteiger charge is 2.21. The van der Waals surface area contributed by atoms with Crippen molar-refractivity contribution in [2.45, 2.75) is 38.2 Å². The van der Waals surface area contributed by atoms with Gasteiger partial charge in [0.1, 0.15) is 0 Å². The minimum atomic E-state index is -0.120. The van der Waals surface area contributed by atoms with Crippen molar-refractivity contribution in [2.75, 3.05) is 14.1 Å². The van der Waals surface area contributed by atoms with Crippen LogP contribution in [0.4, 0.5) is 0 Å². The van der Waals surface area contributed by atoms with Gasteiger partial charge in [-0.2, -0.15) is 0 Å². The lowest BCUT2D eigenvalue weighted by Crippen LogP contribution is -2.27. The quantitative estimate of drug-likeness (QED) is 0.697. The summed E-state index contributed by atoms with van der Waals surface area (Å²) >= 11 is 0. The summed E-state index contributed by atoms with van der Waals surface area (Å²) in [5.74, 6) is 0.708. The SMILES string of the molecule is CN(C)C(=O)CC1CCC(O)CC1. The van der Waals surface area contributed by atoms with E-state index >= 15 is 0 Å². The Bertz CT molecular complexity index is 172. The van der Waals surface area contributed by atoms with E-state index in [1.165, 1.54) is 0 Å². The van der Waals surface area contributed by atoms with Gasteiger partial charge < -0.3 is 10.0 Å². The molecule has 1 fully saturated rings. The molecule has 0 aromatic rings. The Morgan fingerprint density at radius 3 is 2.31 bits per heavy atom. The number of aliphatic hydroxyl groups is 1. The lowest BCUT2D eigenvalue weighted by atomic mass is 9.85. The average Bonchev–Trinajstić information content (AvgIpc) is 2.08. The van der Waals surface area contributed by atoms with Gasteiger partial charge in [-0.05, 0) is 31.6 Å². The molecule has 76 valence electrons. The Hall–Kier alpha value is -0.570. The number of carbonyl (C=O) groups excluding carboxylic acids is 1. The van der Waals surface area contributed by atoms with Crippen LogP contribution in [0.2, 0.25) is 0 Å². The Morgan fingerprint density at radius 1 is 1.31 bits per heavy atom. The standard InChI is InChI=1S/C10H19NO2/c1-11(2)10(13)7-8-3-5-9(12)6-4-8/h8-9,12H,3-7H2,1-2H3. The molecular weight excluding hydrogens is 166 g/mol. The monoisotopic (exact) mass is 185 g/mol. The van der Waals surface area contributed by atoms with E-state index in [2.05, 4.69) is 0 Å². The smallest absolute Gasteiger partial charge is 0.222 e. The van der Waals surface area contributed by atoms with Crippen molar-refractivity contribution in [3.05, 3.63) is 0 Å². The fraction of sp³-hybridized carbons (Fsp3) is 0.900. The van der Waals surface area contributed by atoms with Gasteiger partial charge in [0.15, 0.2) is 0 Å². The number of amides is 1. The summed E-state index contributed by atoms with van der Waals surface area (Å²) in [4.78, 5) is 13.0. The molecule has 1 aliphatic rings. The van der Waals surface area contributed by atoms with Gasteiger partial charge in [0.05, 0.1) is 6.10 Å². The minimum absolute atomic E-state index is 0.120. The van der Waals surface area contributed by atoms with Gasteiger partial charge in [0, 0.05) is 20.5 Å². The van der Waals surface area contributed by atoms with Crippen LogP contribution in [0.25, 0.3) is 0 Å². The van der Waals surface area contributed by atoms with Crippen molar-refractivity contribution in [3.8, 4) is 0 Å². The molecule has 1 saturated carbocycles. The highest BCUT2D eigenvalue weighted by molar-refractivity contribution is 5.75. The highest BCUT2D eigenvalue weighted by Crippen LogP contribution is 2.26. The van der Waals surface area contributed by atoms with Crippen LogP contribution in [0.3, 0.4) is 0 Å². The summed E-state index contributed by atoms with van der Waals surface area (Å²) < 4.78 is 0. The normalized spacial score (nSPS) is 28.5. The van der Waals surface area contributed by atoms with Crippen LogP contribution < -0.4 is 0 Å². The summed E-state index contributed by atoms with van der Waals surface area (Å²) in [5.41, 5.74) is 0. The minimum Gasteiger partial charge on any atom is -0.393 e. The second-order valence-electron chi connectivity index (χ2n) is 4.17. The number of aliphatic hydroxyl groups excluding tert-OH is 1. The first-order chi connectivity index (χ1) is 6.09. The van der Waals surface area contributed by atoms with Crippen LogP contribution in [-0.4, -0.2) is 36.1 Å². The zero-order chi connectivity index (χ0) is 9.84. The second kappa shape index (κ2) is 4.61. The zero-order valence-corrected chi connectivity index (χ0v) is 8.49. The predicted molar refractivity (Wildman–Crippen MR) is 51.3 cm³/mol. The molecule has 3 nitrogen and oxygen atoms in total. The number of nitrogens with zero attached hydrogens (tertiary/aromatic N) is 1. The van der Waals surface area contributed by atoms with Gasteiger partial charge in [-0.15, -0.1) is 0 Å². The maximum absolute atomic E-state index is 11.4. The van der Waals surface area contributed by atoms with E-state index in [-0.39, 0.29) is 12.0 Å². The maximum Gasteiger partial charge on any atom is 0.222 e. The number of hydrogen-bond donors (Lipinski definition) is 1. The second-order valence-corrected chi connectivity index (χ2v) is 4.17. The first-order valence-electron chi connectivity index (χ1n) is 4.98. The molecule has 0 saturated heterocycles. The Kier molecular flexibility index (Phi) is 3.72. The van der Waals surface area contributed by atoms with Crippen LogP contribution in [0.1, 0.15) is 32.1 Å². The van der Waals surface area contributed by atoms with Gasteiger partial charge in [-0.25, -0.2) is 0 Å². The van der Waals surface area contributed by atoms with Crippen molar-refractivity contribution in [1.29, 1.82) is 0 Å². The van der Waals surface area contributed by atoms with Crippen LogP contribution in [-0.2, 0) is 4.79 Å². The molecular formula is C10H19NO2. The number of rotatable bonds is 2. The van der Waals surface area contributed by atoms with Crippen LogP contribution >= 0.6 is 0 Å². The molecule has 0 bridgehead atoms. The van der Waals surface area contributed by atoms with Crippen molar-refractivity contribution < 1.29 is 9.90 Å². The molecule has 0 spiro atoms. The van der Waals surface area contributed by atoms with Gasteiger partial charge in [0.25, 0.3) is 0 Å². The van der Waals surface area contributed by atoms with E-state index in [1.807, 2.05) is 0 Å². The molecule has 0 aliphatic heterocycles. The van der Waals surface area contributed by atoms with E-state index in [1.54, 1.807) is 19.0 Å². The van der Waals surface area contributed by atoms with Gasteiger partial charge >= 0.3 is 0 Å². The summed E-state index contributed by atoms with van der Waals surface area (Å²) in [6, 6.07) is 0. The first-order valence-corrected chi connectivity index (χ1v) is 4.98. The van der Waals surface area contributed by atoms with Crippen LogP contribution in [0.5, 0.6) is 0 Å². The molecule has 1 amide bonds. The third kappa shape index (κ3) is 3.35. The summed E-state index contributed by atoms with van der Waals surface area (Å²) in [7, 11) is 3.58. The van der Waals surface area contributed by atoms with E-state index in [0.29, 0.717) is 12.3 Å². The van der Waals surface area contributed by atoms with E-state index < -0.39 is 0 Å². The fourth-order valence-electron chi connectivity index (χ4n) is 1.78. The molecule has 0 heterocycles. The summed E-state index contributed by atoms with van der Waals surface area (Å²) in [6.45, 7) is 0. The van der Waals surface area contributed by atoms with Crippen molar-refractivity contribution in [3.63, 3.8) is 0 Å². The van der Waals surface area contributed by atoms with Gasteiger partial charge in [-0.3, -0.25) is 4.79 Å². The van der Waals surface area contributed by atoms with Crippen molar-refractivity contribution in [1.82, 2.24) is 4.90 Å².